The second-order valence-corrected chi connectivity index (χ2v) is 9.63. The van der Waals surface area contributed by atoms with Crippen molar-refractivity contribution in [2.24, 2.45) is 0 Å². The number of Topliss-reactive ketones (excluding diaryl/α,β-unsaturated/α-hetero) is 1. The first-order valence-electron chi connectivity index (χ1n) is 10.6. The smallest absolute Gasteiger partial charge is 0.291 e. The van der Waals surface area contributed by atoms with E-state index in [1.165, 1.54) is 9.71 Å². The number of amides is 1. The van der Waals surface area contributed by atoms with Gasteiger partial charge in [-0.3, -0.25) is 19.4 Å². The van der Waals surface area contributed by atoms with Gasteiger partial charge in [-0.2, -0.15) is 0 Å². The lowest BCUT2D eigenvalue weighted by atomic mass is 9.99. The highest BCUT2D eigenvalue weighted by Gasteiger charge is 2.37. The lowest BCUT2D eigenvalue weighted by Crippen LogP contribution is -2.44. The van der Waals surface area contributed by atoms with Crippen LogP contribution in [0.25, 0.3) is 10.2 Å². The van der Waals surface area contributed by atoms with Crippen LogP contribution in [-0.2, 0) is 4.79 Å². The maximum absolute atomic E-state index is 12.7. The maximum atomic E-state index is 12.7. The van der Waals surface area contributed by atoms with Gasteiger partial charge in [-0.05, 0) is 55.1 Å². The first-order chi connectivity index (χ1) is 14.5. The lowest BCUT2D eigenvalue weighted by Gasteiger charge is -2.34. The number of carbonyl (C=O) groups is 2. The number of benzene rings is 2. The van der Waals surface area contributed by atoms with Gasteiger partial charge in [0.2, 0.25) is 0 Å². The molecule has 3 aromatic rings. The Labute approximate surface area is 180 Å². The first kappa shape index (κ1) is 19.4. The number of nitrogens with zero attached hydrogens (tertiary/aromatic N) is 3. The van der Waals surface area contributed by atoms with E-state index >= 15 is 0 Å². The molecule has 2 aromatic carbocycles. The van der Waals surface area contributed by atoms with E-state index in [-0.39, 0.29) is 5.78 Å². The van der Waals surface area contributed by atoms with Crippen molar-refractivity contribution in [3.63, 3.8) is 0 Å². The molecule has 0 unspecified atom stereocenters. The van der Waals surface area contributed by atoms with Crippen LogP contribution in [0.4, 0.5) is 5.69 Å². The van der Waals surface area contributed by atoms with E-state index in [1.54, 1.807) is 16.2 Å². The third-order valence-corrected chi connectivity index (χ3v) is 7.37. The molecule has 1 saturated heterocycles. The number of hydrogen-bond acceptors (Lipinski definition) is 5. The quantitative estimate of drug-likeness (QED) is 0.571. The summed E-state index contributed by atoms with van der Waals surface area (Å²) in [5.74, 6) is -0.100. The molecule has 0 N–H and O–H groups in total. The number of rotatable bonds is 4. The highest BCUT2D eigenvalue weighted by Crippen LogP contribution is 2.35. The van der Waals surface area contributed by atoms with Gasteiger partial charge < -0.3 is 0 Å². The Hall–Kier alpha value is -2.57. The van der Waals surface area contributed by atoms with Crippen LogP contribution < -0.4 is 4.90 Å². The Morgan fingerprint density at radius 3 is 2.80 bits per heavy atom. The van der Waals surface area contributed by atoms with Gasteiger partial charge in [-0.1, -0.05) is 32.0 Å². The van der Waals surface area contributed by atoms with E-state index in [2.05, 4.69) is 36.9 Å². The molecule has 154 valence electrons. The molecule has 6 heteroatoms. The van der Waals surface area contributed by atoms with Crippen LogP contribution >= 0.6 is 11.3 Å². The Morgan fingerprint density at radius 2 is 2.00 bits per heavy atom. The first-order valence-corrected chi connectivity index (χ1v) is 11.4. The van der Waals surface area contributed by atoms with Crippen molar-refractivity contribution in [3.8, 4) is 0 Å². The summed E-state index contributed by atoms with van der Waals surface area (Å²) < 4.78 is 1.22. The highest BCUT2D eigenvalue weighted by atomic mass is 32.1. The van der Waals surface area contributed by atoms with Gasteiger partial charge in [0.25, 0.3) is 5.78 Å². The Morgan fingerprint density at radius 1 is 1.17 bits per heavy atom. The largest absolute Gasteiger partial charge is 0.300 e. The number of likely N-dealkylation sites (tertiary alicyclic amines) is 1. The molecule has 5 rings (SSSR count). The summed E-state index contributed by atoms with van der Waals surface area (Å²) in [6, 6.07) is 14.1. The fraction of sp³-hybridized carbons (Fsp3) is 0.375. The van der Waals surface area contributed by atoms with Crippen molar-refractivity contribution in [2.75, 3.05) is 24.7 Å². The van der Waals surface area contributed by atoms with Gasteiger partial charge >= 0.3 is 5.91 Å². The number of aromatic nitrogens is 1. The standard InChI is InChI=1S/C24H25N3O2S/c1-15(2)16-9-10-20-18(12-16)22(28)24(29)27(20)14-26-11-5-6-17(13-26)23-25-19-7-3-4-8-21(19)30-23/h3-4,7-10,12,15,17H,5-6,11,13-14H2,1-2H3/t17-/m0/s1. The third-order valence-electron chi connectivity index (χ3n) is 6.17. The molecular weight excluding hydrogens is 394 g/mol. The molecule has 1 atom stereocenters. The average Bonchev–Trinajstić information content (AvgIpc) is 3.29. The number of hydrogen-bond donors (Lipinski definition) is 0. The fourth-order valence-corrected chi connectivity index (χ4v) is 5.56. The van der Waals surface area contributed by atoms with Crippen LogP contribution in [0.15, 0.2) is 42.5 Å². The number of piperidine rings is 1. The normalized spacial score (nSPS) is 19.8. The number of ketones is 1. The summed E-state index contributed by atoms with van der Waals surface area (Å²) in [4.78, 5) is 34.1. The number of carbonyl (C=O) groups excluding carboxylic acids is 2. The summed E-state index contributed by atoms with van der Waals surface area (Å²) in [6.07, 6.45) is 2.17. The number of anilines is 1. The zero-order chi connectivity index (χ0) is 20.8. The minimum Gasteiger partial charge on any atom is -0.291 e. The fourth-order valence-electron chi connectivity index (χ4n) is 4.47. The minimum atomic E-state index is -0.409. The van der Waals surface area contributed by atoms with E-state index in [0.717, 1.165) is 42.7 Å². The summed E-state index contributed by atoms with van der Waals surface area (Å²) in [5.41, 5.74) is 3.44. The maximum Gasteiger partial charge on any atom is 0.300 e. The van der Waals surface area contributed by atoms with E-state index in [9.17, 15) is 9.59 Å². The van der Waals surface area contributed by atoms with Gasteiger partial charge in [0.15, 0.2) is 0 Å². The predicted molar refractivity (Wildman–Crippen MR) is 120 cm³/mol. The topological polar surface area (TPSA) is 53.5 Å². The predicted octanol–water partition coefficient (Wildman–Crippen LogP) is 4.79. The zero-order valence-corrected chi connectivity index (χ0v) is 18.1. The Bertz CT molecular complexity index is 1100. The van der Waals surface area contributed by atoms with Gasteiger partial charge in [-0.15, -0.1) is 11.3 Å². The van der Waals surface area contributed by atoms with Gasteiger partial charge in [0.1, 0.15) is 0 Å². The molecule has 1 fully saturated rings. The summed E-state index contributed by atoms with van der Waals surface area (Å²) in [5, 5.41) is 1.17. The van der Waals surface area contributed by atoms with E-state index in [0.29, 0.717) is 24.1 Å². The second-order valence-electron chi connectivity index (χ2n) is 8.57. The molecule has 0 radical (unpaired) electrons. The van der Waals surface area contributed by atoms with E-state index in [4.69, 9.17) is 4.98 Å². The van der Waals surface area contributed by atoms with Crippen LogP contribution in [0.5, 0.6) is 0 Å². The van der Waals surface area contributed by atoms with Crippen molar-refractivity contribution in [1.82, 2.24) is 9.88 Å². The van der Waals surface area contributed by atoms with Crippen molar-refractivity contribution in [3.05, 3.63) is 58.6 Å². The van der Waals surface area contributed by atoms with Gasteiger partial charge in [0, 0.05) is 12.5 Å². The van der Waals surface area contributed by atoms with E-state index < -0.39 is 5.91 Å². The van der Waals surface area contributed by atoms with Crippen molar-refractivity contribution in [2.45, 2.75) is 38.5 Å². The molecule has 0 spiro atoms. The molecule has 0 aliphatic carbocycles. The molecule has 2 aliphatic heterocycles. The van der Waals surface area contributed by atoms with Crippen LogP contribution in [0.3, 0.4) is 0 Å². The monoisotopic (exact) mass is 419 g/mol. The van der Waals surface area contributed by atoms with Crippen molar-refractivity contribution in [1.29, 1.82) is 0 Å². The summed E-state index contributed by atoms with van der Waals surface area (Å²) >= 11 is 1.77. The molecular formula is C24H25N3O2S. The Balaban J connectivity index is 1.36. The average molecular weight is 420 g/mol. The summed E-state index contributed by atoms with van der Waals surface area (Å²) in [6.45, 7) is 6.43. The third kappa shape index (κ3) is 3.34. The number of fused-ring (bicyclic) bond motifs is 2. The molecule has 5 nitrogen and oxygen atoms in total. The zero-order valence-electron chi connectivity index (χ0n) is 17.3. The number of thiazole rings is 1. The highest BCUT2D eigenvalue weighted by molar-refractivity contribution is 7.18. The lowest BCUT2D eigenvalue weighted by molar-refractivity contribution is -0.114. The molecule has 0 saturated carbocycles. The van der Waals surface area contributed by atoms with Crippen LogP contribution in [0.1, 0.15) is 59.5 Å². The van der Waals surface area contributed by atoms with Crippen LogP contribution in [0.2, 0.25) is 0 Å². The SMILES string of the molecule is CC(C)c1ccc2c(c1)C(=O)C(=O)N2CN1CCC[C@H](c2nc3ccccc3s2)C1. The second kappa shape index (κ2) is 7.60. The number of para-hydroxylation sites is 1. The molecule has 1 amide bonds. The van der Waals surface area contributed by atoms with Crippen LogP contribution in [-0.4, -0.2) is 41.3 Å². The van der Waals surface area contributed by atoms with Crippen molar-refractivity contribution >= 4 is 38.9 Å². The molecule has 1 aromatic heterocycles. The molecule has 0 bridgehead atoms. The van der Waals surface area contributed by atoms with Crippen LogP contribution in [0, 0.1) is 0 Å². The molecule has 3 heterocycles. The van der Waals surface area contributed by atoms with E-state index in [1.807, 2.05) is 24.3 Å². The minimum absolute atomic E-state index is 0.323. The van der Waals surface area contributed by atoms with Gasteiger partial charge in [-0.25, -0.2) is 4.98 Å². The molecule has 2 aliphatic rings. The summed E-state index contributed by atoms with van der Waals surface area (Å²) in [7, 11) is 0. The Kier molecular flexibility index (Phi) is 4.91. The van der Waals surface area contributed by atoms with Gasteiger partial charge in [0.05, 0.1) is 33.1 Å². The molecule has 30 heavy (non-hydrogen) atoms. The van der Waals surface area contributed by atoms with Crippen molar-refractivity contribution < 1.29 is 9.59 Å².